The topological polar surface area (TPSA) is 41.5 Å². The second-order valence-corrected chi connectivity index (χ2v) is 4.65. The fourth-order valence-corrected chi connectivity index (χ4v) is 2.12. The van der Waals surface area contributed by atoms with E-state index in [2.05, 4.69) is 5.32 Å². The monoisotopic (exact) mass is 259 g/mol. The molecule has 1 aromatic rings. The van der Waals surface area contributed by atoms with Crippen LogP contribution in [0.1, 0.15) is 0 Å². The Morgan fingerprint density at radius 1 is 1.47 bits per heavy atom. The molecule has 5 heteroatoms. The molecule has 0 aliphatic rings. The fourth-order valence-electron chi connectivity index (χ4n) is 1.25. The van der Waals surface area contributed by atoms with Crippen molar-refractivity contribution in [1.82, 2.24) is 5.32 Å². The van der Waals surface area contributed by atoms with Crippen LogP contribution in [0.15, 0.2) is 29.2 Å². The number of hydrogen-bond acceptors (Lipinski definition) is 4. The molecule has 1 rings (SSSR count). The molecule has 0 fully saturated rings. The van der Waals surface area contributed by atoms with Crippen LogP contribution < -0.4 is 5.32 Å². The normalized spacial score (nSPS) is 12.6. The van der Waals surface area contributed by atoms with Crippen molar-refractivity contribution in [3.8, 4) is 0 Å². The number of rotatable bonds is 8. The number of thioether (sulfide) groups is 1. The van der Waals surface area contributed by atoms with Crippen molar-refractivity contribution < 1.29 is 14.2 Å². The van der Waals surface area contributed by atoms with Gasteiger partial charge in [0, 0.05) is 30.8 Å². The average molecular weight is 259 g/mol. The number of nitrogens with one attached hydrogen (secondary N) is 1. The molecule has 96 valence electrons. The quantitative estimate of drug-likeness (QED) is 0.548. The lowest BCUT2D eigenvalue weighted by Crippen LogP contribution is -2.30. The second kappa shape index (κ2) is 8.47. The number of ether oxygens (including phenoxy) is 1. The minimum atomic E-state index is -0.489. The molecule has 0 bridgehead atoms. The molecule has 1 atom stereocenters. The molecule has 0 saturated heterocycles. The van der Waals surface area contributed by atoms with Crippen LogP contribution in [-0.2, 0) is 4.74 Å². The highest BCUT2D eigenvalue weighted by molar-refractivity contribution is 7.99. The molecule has 0 amide bonds. The maximum Gasteiger partial charge on any atom is 0.136 e. The predicted octanol–water partition coefficient (Wildman–Crippen LogP) is 1.51. The summed E-state index contributed by atoms with van der Waals surface area (Å²) in [6.45, 7) is 1.82. The third kappa shape index (κ3) is 6.02. The standard InChI is InChI=1S/C12H18FNO2S/c1-16-7-6-14-8-10(15)9-17-12-5-3-2-4-11(12)13/h2-5,10,14-15H,6-9H2,1H3. The molecule has 1 unspecified atom stereocenters. The van der Waals surface area contributed by atoms with Crippen LogP contribution in [0.3, 0.4) is 0 Å². The van der Waals surface area contributed by atoms with Crippen LogP contribution in [0, 0.1) is 5.82 Å². The van der Waals surface area contributed by atoms with E-state index in [9.17, 15) is 9.50 Å². The summed E-state index contributed by atoms with van der Waals surface area (Å²) in [6, 6.07) is 6.58. The van der Waals surface area contributed by atoms with Crippen molar-refractivity contribution >= 4 is 11.8 Å². The molecule has 0 aliphatic carbocycles. The molecule has 0 aliphatic heterocycles. The van der Waals surface area contributed by atoms with Gasteiger partial charge in [-0.25, -0.2) is 4.39 Å². The van der Waals surface area contributed by atoms with Gasteiger partial charge in [0.15, 0.2) is 0 Å². The number of aliphatic hydroxyl groups excluding tert-OH is 1. The number of aliphatic hydroxyl groups is 1. The lowest BCUT2D eigenvalue weighted by Gasteiger charge is -2.11. The van der Waals surface area contributed by atoms with Crippen molar-refractivity contribution in [2.75, 3.05) is 32.6 Å². The van der Waals surface area contributed by atoms with Crippen LogP contribution in [0.5, 0.6) is 0 Å². The van der Waals surface area contributed by atoms with Crippen LogP contribution in [-0.4, -0.2) is 43.8 Å². The van der Waals surface area contributed by atoms with Gasteiger partial charge in [0.25, 0.3) is 0 Å². The summed E-state index contributed by atoms with van der Waals surface area (Å²) in [4.78, 5) is 0.573. The largest absolute Gasteiger partial charge is 0.391 e. The molecule has 17 heavy (non-hydrogen) atoms. The highest BCUT2D eigenvalue weighted by atomic mass is 32.2. The summed E-state index contributed by atoms with van der Waals surface area (Å²) in [7, 11) is 1.63. The fraction of sp³-hybridized carbons (Fsp3) is 0.500. The first kappa shape index (κ1) is 14.4. The lowest BCUT2D eigenvalue weighted by atomic mass is 10.3. The summed E-state index contributed by atoms with van der Waals surface area (Å²) in [6.07, 6.45) is -0.489. The van der Waals surface area contributed by atoms with Crippen molar-refractivity contribution in [2.45, 2.75) is 11.0 Å². The Morgan fingerprint density at radius 3 is 2.94 bits per heavy atom. The van der Waals surface area contributed by atoms with Gasteiger partial charge in [0.2, 0.25) is 0 Å². The van der Waals surface area contributed by atoms with Crippen molar-refractivity contribution in [2.24, 2.45) is 0 Å². The predicted molar refractivity (Wildman–Crippen MR) is 67.9 cm³/mol. The number of methoxy groups -OCH3 is 1. The van der Waals surface area contributed by atoms with E-state index in [-0.39, 0.29) is 5.82 Å². The van der Waals surface area contributed by atoms with Crippen LogP contribution in [0.4, 0.5) is 4.39 Å². The van der Waals surface area contributed by atoms with Gasteiger partial charge in [-0.2, -0.15) is 0 Å². The van der Waals surface area contributed by atoms with Crippen molar-refractivity contribution in [3.05, 3.63) is 30.1 Å². The summed E-state index contributed by atoms with van der Waals surface area (Å²) >= 11 is 1.32. The molecule has 0 spiro atoms. The summed E-state index contributed by atoms with van der Waals surface area (Å²) in [5.41, 5.74) is 0. The summed E-state index contributed by atoms with van der Waals surface area (Å²) in [5.74, 6) is 0.234. The van der Waals surface area contributed by atoms with E-state index >= 15 is 0 Å². The van der Waals surface area contributed by atoms with Crippen LogP contribution in [0.25, 0.3) is 0 Å². The molecular weight excluding hydrogens is 241 g/mol. The first-order valence-corrected chi connectivity index (χ1v) is 6.47. The molecular formula is C12H18FNO2S. The first-order valence-electron chi connectivity index (χ1n) is 5.49. The minimum Gasteiger partial charge on any atom is -0.391 e. The Kier molecular flexibility index (Phi) is 7.19. The SMILES string of the molecule is COCCNCC(O)CSc1ccccc1F. The van der Waals surface area contributed by atoms with Crippen molar-refractivity contribution in [3.63, 3.8) is 0 Å². The first-order chi connectivity index (χ1) is 8.24. The van der Waals surface area contributed by atoms with Gasteiger partial charge in [0.05, 0.1) is 12.7 Å². The maximum atomic E-state index is 13.3. The zero-order valence-corrected chi connectivity index (χ0v) is 10.7. The van der Waals surface area contributed by atoms with E-state index in [4.69, 9.17) is 4.74 Å². The van der Waals surface area contributed by atoms with E-state index in [0.29, 0.717) is 30.3 Å². The Morgan fingerprint density at radius 2 is 2.24 bits per heavy atom. The van der Waals surface area contributed by atoms with Crippen LogP contribution >= 0.6 is 11.8 Å². The minimum absolute atomic E-state index is 0.239. The third-order valence-corrected chi connectivity index (χ3v) is 3.32. The molecule has 0 aromatic heterocycles. The van der Waals surface area contributed by atoms with Crippen molar-refractivity contribution in [1.29, 1.82) is 0 Å². The molecule has 3 nitrogen and oxygen atoms in total. The molecule has 1 aromatic carbocycles. The average Bonchev–Trinajstić information content (AvgIpc) is 2.34. The van der Waals surface area contributed by atoms with E-state index in [1.165, 1.54) is 17.8 Å². The van der Waals surface area contributed by atoms with Gasteiger partial charge in [-0.1, -0.05) is 12.1 Å². The van der Waals surface area contributed by atoms with Gasteiger partial charge >= 0.3 is 0 Å². The molecule has 0 saturated carbocycles. The Labute approximate surface area is 105 Å². The number of halogens is 1. The van der Waals surface area contributed by atoms with Gasteiger partial charge < -0.3 is 15.2 Å². The Hall–Kier alpha value is -0.620. The van der Waals surface area contributed by atoms with Gasteiger partial charge in [0.1, 0.15) is 5.82 Å². The van der Waals surface area contributed by atoms with E-state index in [1.807, 2.05) is 0 Å². The highest BCUT2D eigenvalue weighted by Gasteiger charge is 2.07. The van der Waals surface area contributed by atoms with Crippen LogP contribution in [0.2, 0.25) is 0 Å². The number of benzene rings is 1. The van der Waals surface area contributed by atoms with E-state index < -0.39 is 6.10 Å². The highest BCUT2D eigenvalue weighted by Crippen LogP contribution is 2.21. The second-order valence-electron chi connectivity index (χ2n) is 3.59. The zero-order chi connectivity index (χ0) is 12.5. The molecule has 0 heterocycles. The van der Waals surface area contributed by atoms with Gasteiger partial charge in [-0.05, 0) is 12.1 Å². The zero-order valence-electron chi connectivity index (χ0n) is 9.86. The maximum absolute atomic E-state index is 13.3. The third-order valence-electron chi connectivity index (χ3n) is 2.13. The Balaban J connectivity index is 2.19. The van der Waals surface area contributed by atoms with E-state index in [0.717, 1.165) is 0 Å². The van der Waals surface area contributed by atoms with Gasteiger partial charge in [-0.3, -0.25) is 0 Å². The Bertz CT molecular complexity index is 325. The lowest BCUT2D eigenvalue weighted by molar-refractivity contribution is 0.175. The molecule has 2 N–H and O–H groups in total. The van der Waals surface area contributed by atoms with E-state index in [1.54, 1.807) is 25.3 Å². The van der Waals surface area contributed by atoms with Gasteiger partial charge in [-0.15, -0.1) is 11.8 Å². The summed E-state index contributed by atoms with van der Waals surface area (Å²) in [5, 5.41) is 12.7. The number of hydrogen-bond donors (Lipinski definition) is 2. The smallest absolute Gasteiger partial charge is 0.136 e. The summed E-state index contributed by atoms with van der Waals surface area (Å²) < 4.78 is 18.1. The molecule has 0 radical (unpaired) electrons.